The minimum absolute atomic E-state index is 0.205. The molecule has 10 heteroatoms. The molecule has 1 heterocycles. The number of benzene rings is 2. The van der Waals surface area contributed by atoms with Crippen LogP contribution in [0.3, 0.4) is 0 Å². The van der Waals surface area contributed by atoms with E-state index in [0.29, 0.717) is 6.42 Å². The van der Waals surface area contributed by atoms with Crippen LogP contribution in [0.5, 0.6) is 0 Å². The molecule has 0 saturated heterocycles. The van der Waals surface area contributed by atoms with Crippen molar-refractivity contribution in [2.45, 2.75) is 83.9 Å². The molecule has 0 radical (unpaired) electrons. The first-order valence-corrected chi connectivity index (χ1v) is 13.6. The summed E-state index contributed by atoms with van der Waals surface area (Å²) in [5.41, 5.74) is 0.652. The van der Waals surface area contributed by atoms with Gasteiger partial charge >= 0.3 is 12.1 Å². The highest BCUT2D eigenvalue weighted by Gasteiger charge is 2.43. The zero-order valence-corrected chi connectivity index (χ0v) is 24.3. The summed E-state index contributed by atoms with van der Waals surface area (Å²) in [5.74, 6) is -2.14. The molecule has 0 aliphatic carbocycles. The Balaban J connectivity index is 2.00. The van der Waals surface area contributed by atoms with Gasteiger partial charge < -0.3 is 30.2 Å². The average Bonchev–Trinajstić information content (AvgIpc) is 2.91. The van der Waals surface area contributed by atoms with Crippen molar-refractivity contribution in [3.8, 4) is 0 Å². The predicted molar refractivity (Wildman–Crippen MR) is 152 cm³/mol. The molecule has 1 unspecified atom stereocenters. The van der Waals surface area contributed by atoms with E-state index in [-0.39, 0.29) is 11.8 Å². The van der Waals surface area contributed by atoms with Gasteiger partial charge in [0.2, 0.25) is 11.7 Å². The maximum atomic E-state index is 13.6. The SMILES string of the molecule is CCC(C)NC(=O)[C@@H]1OC(C(=O)OC(c2ccccc2)c2ccccc2)=C[C@H](NC(=O)OC(C)(C)C)[C@H]1NC(C)=O. The van der Waals surface area contributed by atoms with Crippen LogP contribution < -0.4 is 16.0 Å². The van der Waals surface area contributed by atoms with Gasteiger partial charge in [-0.3, -0.25) is 9.59 Å². The molecule has 3 rings (SSSR count). The van der Waals surface area contributed by atoms with E-state index in [2.05, 4.69) is 16.0 Å². The molecule has 220 valence electrons. The Bertz CT molecular complexity index is 1200. The van der Waals surface area contributed by atoms with Crippen LogP contribution in [-0.4, -0.2) is 53.7 Å². The van der Waals surface area contributed by atoms with E-state index >= 15 is 0 Å². The number of hydrogen-bond acceptors (Lipinski definition) is 7. The largest absolute Gasteiger partial charge is 0.471 e. The highest BCUT2D eigenvalue weighted by molar-refractivity contribution is 5.90. The molecule has 3 N–H and O–H groups in total. The number of alkyl carbamates (subject to hydrolysis) is 1. The Morgan fingerprint density at radius 2 is 1.49 bits per heavy atom. The van der Waals surface area contributed by atoms with E-state index in [4.69, 9.17) is 14.2 Å². The van der Waals surface area contributed by atoms with Crippen molar-refractivity contribution < 1.29 is 33.4 Å². The minimum Gasteiger partial charge on any atom is -0.471 e. The van der Waals surface area contributed by atoms with Crippen LogP contribution in [0.2, 0.25) is 0 Å². The molecule has 41 heavy (non-hydrogen) atoms. The summed E-state index contributed by atoms with van der Waals surface area (Å²) in [7, 11) is 0. The third-order valence-corrected chi connectivity index (χ3v) is 6.24. The lowest BCUT2D eigenvalue weighted by atomic mass is 9.96. The van der Waals surface area contributed by atoms with Gasteiger partial charge in [-0.25, -0.2) is 9.59 Å². The van der Waals surface area contributed by atoms with Crippen molar-refractivity contribution in [3.05, 3.63) is 83.6 Å². The zero-order valence-electron chi connectivity index (χ0n) is 24.3. The summed E-state index contributed by atoms with van der Waals surface area (Å²) in [6, 6.07) is 16.1. The molecule has 1 aliphatic heterocycles. The number of amides is 3. The van der Waals surface area contributed by atoms with E-state index in [9.17, 15) is 19.2 Å². The van der Waals surface area contributed by atoms with Gasteiger partial charge in [-0.05, 0) is 51.3 Å². The summed E-state index contributed by atoms with van der Waals surface area (Å²) in [6.07, 6.45) is -0.952. The molecule has 0 bridgehead atoms. The molecular formula is C31H39N3O7. The molecule has 0 spiro atoms. The maximum Gasteiger partial charge on any atom is 0.408 e. The van der Waals surface area contributed by atoms with Gasteiger partial charge in [0.15, 0.2) is 12.2 Å². The topological polar surface area (TPSA) is 132 Å². The number of carbonyl (C=O) groups excluding carboxylic acids is 4. The van der Waals surface area contributed by atoms with E-state index in [1.165, 1.54) is 13.0 Å². The molecule has 0 aromatic heterocycles. The molecule has 1 aliphatic rings. The van der Waals surface area contributed by atoms with Crippen LogP contribution in [0.1, 0.15) is 65.2 Å². The first kappa shape index (κ1) is 31.2. The molecular weight excluding hydrogens is 526 g/mol. The van der Waals surface area contributed by atoms with Gasteiger partial charge in [0.25, 0.3) is 5.91 Å². The number of rotatable bonds is 9. The van der Waals surface area contributed by atoms with Gasteiger partial charge in [0, 0.05) is 13.0 Å². The van der Waals surface area contributed by atoms with Gasteiger partial charge in [0.1, 0.15) is 5.60 Å². The van der Waals surface area contributed by atoms with Crippen molar-refractivity contribution in [1.82, 2.24) is 16.0 Å². The fourth-order valence-electron chi connectivity index (χ4n) is 4.19. The van der Waals surface area contributed by atoms with Crippen LogP contribution >= 0.6 is 0 Å². The number of nitrogens with one attached hydrogen (secondary N) is 3. The molecule has 0 saturated carbocycles. The fourth-order valence-corrected chi connectivity index (χ4v) is 4.19. The van der Waals surface area contributed by atoms with E-state index < -0.39 is 53.8 Å². The van der Waals surface area contributed by atoms with Crippen molar-refractivity contribution in [2.24, 2.45) is 0 Å². The van der Waals surface area contributed by atoms with Crippen LogP contribution in [0.4, 0.5) is 4.79 Å². The average molecular weight is 566 g/mol. The third kappa shape index (κ3) is 9.09. The number of ether oxygens (including phenoxy) is 3. The highest BCUT2D eigenvalue weighted by Crippen LogP contribution is 2.29. The molecule has 2 aromatic carbocycles. The molecule has 4 atom stereocenters. The first-order chi connectivity index (χ1) is 19.4. The Labute approximate surface area is 240 Å². The number of carbonyl (C=O) groups is 4. The van der Waals surface area contributed by atoms with Gasteiger partial charge in [-0.15, -0.1) is 0 Å². The Hall–Kier alpha value is -4.34. The Morgan fingerprint density at radius 1 is 0.927 bits per heavy atom. The standard InChI is InChI=1S/C31H39N3O7/c1-7-19(2)32-28(36)27-25(33-20(3)35)23(34-30(38)41-31(4,5)6)18-24(39-27)29(37)40-26(21-14-10-8-11-15-21)22-16-12-9-13-17-22/h8-19,23,25-27H,7H2,1-6H3,(H,32,36)(H,33,35)(H,34,38)/t19?,23-,25+,27+/m0/s1. The summed E-state index contributed by atoms with van der Waals surface area (Å²) in [6.45, 7) is 10.1. The maximum absolute atomic E-state index is 13.6. The van der Waals surface area contributed by atoms with E-state index in [0.717, 1.165) is 11.1 Å². The van der Waals surface area contributed by atoms with Crippen LogP contribution in [0, 0.1) is 0 Å². The van der Waals surface area contributed by atoms with Crippen molar-refractivity contribution in [2.75, 3.05) is 0 Å². The molecule has 2 aromatic rings. The molecule has 3 amide bonds. The smallest absolute Gasteiger partial charge is 0.408 e. The lowest BCUT2D eigenvalue weighted by Crippen LogP contribution is -2.63. The van der Waals surface area contributed by atoms with Crippen LogP contribution in [0.15, 0.2) is 72.5 Å². The summed E-state index contributed by atoms with van der Waals surface area (Å²) >= 11 is 0. The monoisotopic (exact) mass is 565 g/mol. The van der Waals surface area contributed by atoms with Crippen LogP contribution in [-0.2, 0) is 28.6 Å². The van der Waals surface area contributed by atoms with Gasteiger partial charge in [-0.2, -0.15) is 0 Å². The normalized spacial score (nSPS) is 19.2. The van der Waals surface area contributed by atoms with Gasteiger partial charge in [-0.1, -0.05) is 67.6 Å². The highest BCUT2D eigenvalue weighted by atomic mass is 16.6. The second kappa shape index (κ2) is 13.8. The summed E-state index contributed by atoms with van der Waals surface area (Å²) < 4.78 is 17.3. The third-order valence-electron chi connectivity index (χ3n) is 6.24. The van der Waals surface area contributed by atoms with Crippen molar-refractivity contribution in [1.29, 1.82) is 0 Å². The molecule has 0 fully saturated rings. The number of esters is 1. The van der Waals surface area contributed by atoms with Crippen LogP contribution in [0.25, 0.3) is 0 Å². The zero-order chi connectivity index (χ0) is 30.2. The first-order valence-electron chi connectivity index (χ1n) is 13.6. The second-order valence-electron chi connectivity index (χ2n) is 10.9. The van der Waals surface area contributed by atoms with E-state index in [1.807, 2.05) is 74.5 Å². The lowest BCUT2D eigenvalue weighted by Gasteiger charge is -2.37. The fraction of sp³-hybridized carbons (Fsp3) is 0.419. The summed E-state index contributed by atoms with van der Waals surface area (Å²) in [4.78, 5) is 51.8. The Morgan fingerprint density at radius 3 is 1.98 bits per heavy atom. The second-order valence-corrected chi connectivity index (χ2v) is 10.9. The van der Waals surface area contributed by atoms with Crippen molar-refractivity contribution >= 4 is 23.9 Å². The van der Waals surface area contributed by atoms with Crippen molar-refractivity contribution in [3.63, 3.8) is 0 Å². The minimum atomic E-state index is -1.35. The lowest BCUT2D eigenvalue weighted by molar-refractivity contribution is -0.151. The molecule has 10 nitrogen and oxygen atoms in total. The quantitative estimate of drug-likeness (QED) is 0.393. The van der Waals surface area contributed by atoms with Gasteiger partial charge in [0.05, 0.1) is 12.1 Å². The Kier molecular flexibility index (Phi) is 10.5. The summed E-state index contributed by atoms with van der Waals surface area (Å²) in [5, 5.41) is 8.18. The predicted octanol–water partition coefficient (Wildman–Crippen LogP) is 3.91. The number of hydrogen-bond donors (Lipinski definition) is 3. The van der Waals surface area contributed by atoms with E-state index in [1.54, 1.807) is 20.8 Å².